The first kappa shape index (κ1) is 15.3. The van der Waals surface area contributed by atoms with Crippen LogP contribution in [0.4, 0.5) is 11.4 Å². The number of carbonyl (C=O) groups excluding carboxylic acids is 1. The second-order valence-electron chi connectivity index (χ2n) is 4.99. The highest BCUT2D eigenvalue weighted by molar-refractivity contribution is 5.95. The molecule has 1 amide bonds. The second-order valence-corrected chi connectivity index (χ2v) is 4.99. The van der Waals surface area contributed by atoms with Crippen LogP contribution in [0.1, 0.15) is 43.0 Å². The molecule has 1 aromatic rings. The molecule has 0 spiro atoms. The summed E-state index contributed by atoms with van der Waals surface area (Å²) in [7, 11) is 3.49. The van der Waals surface area contributed by atoms with Gasteiger partial charge < -0.3 is 16.0 Å². The number of benzene rings is 1. The Morgan fingerprint density at radius 3 is 2.63 bits per heavy atom. The number of carbonyl (C=O) groups is 1. The summed E-state index contributed by atoms with van der Waals surface area (Å²) in [6, 6.07) is 5.38. The predicted molar refractivity (Wildman–Crippen MR) is 81.5 cm³/mol. The highest BCUT2D eigenvalue weighted by atomic mass is 16.2. The highest BCUT2D eigenvalue weighted by Gasteiger charge is 2.09. The van der Waals surface area contributed by atoms with Crippen LogP contribution < -0.4 is 11.1 Å². The number of nitrogen functional groups attached to an aromatic ring is 1. The van der Waals surface area contributed by atoms with Gasteiger partial charge >= 0.3 is 0 Å². The predicted octanol–water partition coefficient (Wildman–Crippen LogP) is 2.96. The van der Waals surface area contributed by atoms with E-state index in [9.17, 15) is 4.79 Å². The number of amides is 1. The third-order valence-corrected chi connectivity index (χ3v) is 3.05. The fraction of sp³-hybridized carbons (Fsp3) is 0.533. The molecule has 0 aromatic heterocycles. The lowest BCUT2D eigenvalue weighted by atomic mass is 10.1. The number of rotatable bonds is 7. The van der Waals surface area contributed by atoms with Crippen LogP contribution in [-0.2, 0) is 0 Å². The lowest BCUT2D eigenvalue weighted by molar-refractivity contribution is 0.0827. The van der Waals surface area contributed by atoms with Crippen LogP contribution in [0.3, 0.4) is 0 Å². The standard InChI is InChI=1S/C15H25N3O/c1-4-5-6-7-10-17-14-11-12(8-9-13(14)16)15(19)18(2)3/h8-9,11,17H,4-7,10,16H2,1-3H3. The van der Waals surface area contributed by atoms with Crippen molar-refractivity contribution in [3.8, 4) is 0 Å². The van der Waals surface area contributed by atoms with E-state index in [-0.39, 0.29) is 5.91 Å². The molecule has 1 rings (SSSR count). The van der Waals surface area contributed by atoms with Gasteiger partial charge in [0.05, 0.1) is 11.4 Å². The fourth-order valence-corrected chi connectivity index (χ4v) is 1.88. The van der Waals surface area contributed by atoms with E-state index in [4.69, 9.17) is 5.73 Å². The summed E-state index contributed by atoms with van der Waals surface area (Å²) in [6.45, 7) is 3.09. The zero-order valence-corrected chi connectivity index (χ0v) is 12.2. The van der Waals surface area contributed by atoms with Gasteiger partial charge in [-0.3, -0.25) is 4.79 Å². The van der Waals surface area contributed by atoms with Gasteiger partial charge in [-0.15, -0.1) is 0 Å². The Balaban J connectivity index is 2.62. The van der Waals surface area contributed by atoms with Crippen molar-refractivity contribution < 1.29 is 4.79 Å². The van der Waals surface area contributed by atoms with Crippen LogP contribution in [0.2, 0.25) is 0 Å². The lowest BCUT2D eigenvalue weighted by Crippen LogP contribution is -2.21. The Morgan fingerprint density at radius 1 is 1.26 bits per heavy atom. The van der Waals surface area contributed by atoms with Crippen molar-refractivity contribution in [1.82, 2.24) is 4.90 Å². The van der Waals surface area contributed by atoms with E-state index < -0.39 is 0 Å². The van der Waals surface area contributed by atoms with E-state index in [2.05, 4.69) is 12.2 Å². The molecule has 0 fully saturated rings. The minimum Gasteiger partial charge on any atom is -0.397 e. The van der Waals surface area contributed by atoms with E-state index >= 15 is 0 Å². The molecule has 106 valence electrons. The molecule has 0 atom stereocenters. The van der Waals surface area contributed by atoms with Crippen molar-refractivity contribution >= 4 is 17.3 Å². The monoisotopic (exact) mass is 263 g/mol. The van der Waals surface area contributed by atoms with Crippen LogP contribution in [0, 0.1) is 0 Å². The number of unbranched alkanes of at least 4 members (excludes halogenated alkanes) is 3. The number of nitrogens with two attached hydrogens (primary N) is 1. The number of hydrogen-bond acceptors (Lipinski definition) is 3. The van der Waals surface area contributed by atoms with Crippen LogP contribution in [0.15, 0.2) is 18.2 Å². The molecule has 0 heterocycles. The van der Waals surface area contributed by atoms with E-state index in [0.717, 1.165) is 18.7 Å². The Bertz CT molecular complexity index is 416. The van der Waals surface area contributed by atoms with Crippen LogP contribution in [0.25, 0.3) is 0 Å². The van der Waals surface area contributed by atoms with Crippen LogP contribution >= 0.6 is 0 Å². The largest absolute Gasteiger partial charge is 0.397 e. The summed E-state index contributed by atoms with van der Waals surface area (Å²) in [5.74, 6) is -0.00553. The van der Waals surface area contributed by atoms with Gasteiger partial charge in [-0.2, -0.15) is 0 Å². The van der Waals surface area contributed by atoms with Gasteiger partial charge in [-0.25, -0.2) is 0 Å². The first-order chi connectivity index (χ1) is 9.06. The molecule has 4 nitrogen and oxygen atoms in total. The van der Waals surface area contributed by atoms with Gasteiger partial charge in [-0.1, -0.05) is 26.2 Å². The van der Waals surface area contributed by atoms with Crippen molar-refractivity contribution in [3.63, 3.8) is 0 Å². The molecule has 1 aromatic carbocycles. The first-order valence-corrected chi connectivity index (χ1v) is 6.91. The molecule has 0 bridgehead atoms. The molecule has 0 aliphatic heterocycles. The smallest absolute Gasteiger partial charge is 0.253 e. The van der Waals surface area contributed by atoms with Crippen LogP contribution in [0.5, 0.6) is 0 Å². The number of anilines is 2. The van der Waals surface area contributed by atoms with E-state index in [1.807, 2.05) is 6.07 Å². The highest BCUT2D eigenvalue weighted by Crippen LogP contribution is 2.20. The Kier molecular flexibility index (Phi) is 6.19. The molecule has 0 aliphatic rings. The zero-order chi connectivity index (χ0) is 14.3. The zero-order valence-electron chi connectivity index (χ0n) is 12.2. The van der Waals surface area contributed by atoms with Crippen molar-refractivity contribution in [2.24, 2.45) is 0 Å². The van der Waals surface area contributed by atoms with Gasteiger partial charge in [0, 0.05) is 26.2 Å². The SMILES string of the molecule is CCCCCCNc1cc(C(=O)N(C)C)ccc1N. The van der Waals surface area contributed by atoms with Crippen LogP contribution in [-0.4, -0.2) is 31.4 Å². The molecule has 0 saturated heterocycles. The summed E-state index contributed by atoms with van der Waals surface area (Å²) in [5.41, 5.74) is 8.12. The summed E-state index contributed by atoms with van der Waals surface area (Å²) >= 11 is 0. The molecule has 0 unspecified atom stereocenters. The van der Waals surface area contributed by atoms with E-state index in [1.54, 1.807) is 31.1 Å². The average molecular weight is 263 g/mol. The third-order valence-electron chi connectivity index (χ3n) is 3.05. The normalized spacial score (nSPS) is 10.3. The van der Waals surface area contributed by atoms with E-state index in [1.165, 1.54) is 19.3 Å². The summed E-state index contributed by atoms with van der Waals surface area (Å²) < 4.78 is 0. The molecule has 19 heavy (non-hydrogen) atoms. The quantitative estimate of drug-likeness (QED) is 0.587. The fourth-order valence-electron chi connectivity index (χ4n) is 1.88. The van der Waals surface area contributed by atoms with Gasteiger partial charge in [-0.05, 0) is 24.6 Å². The number of hydrogen-bond donors (Lipinski definition) is 2. The molecule has 4 heteroatoms. The van der Waals surface area contributed by atoms with Crippen molar-refractivity contribution in [1.29, 1.82) is 0 Å². The molecular weight excluding hydrogens is 238 g/mol. The van der Waals surface area contributed by atoms with Gasteiger partial charge in [0.25, 0.3) is 5.91 Å². The van der Waals surface area contributed by atoms with Crippen molar-refractivity contribution in [2.75, 3.05) is 31.7 Å². The average Bonchev–Trinajstić information content (AvgIpc) is 2.39. The molecule has 0 saturated carbocycles. The number of nitrogens with zero attached hydrogens (tertiary/aromatic N) is 1. The maximum absolute atomic E-state index is 11.9. The number of nitrogens with one attached hydrogen (secondary N) is 1. The minimum atomic E-state index is -0.00553. The summed E-state index contributed by atoms with van der Waals surface area (Å²) in [5, 5.41) is 3.31. The maximum atomic E-state index is 11.9. The molecule has 3 N–H and O–H groups in total. The van der Waals surface area contributed by atoms with Gasteiger partial charge in [0.1, 0.15) is 0 Å². The Morgan fingerprint density at radius 2 is 2.00 bits per heavy atom. The van der Waals surface area contributed by atoms with Gasteiger partial charge in [0.2, 0.25) is 0 Å². The lowest BCUT2D eigenvalue weighted by Gasteiger charge is -2.14. The summed E-state index contributed by atoms with van der Waals surface area (Å²) in [4.78, 5) is 13.4. The summed E-state index contributed by atoms with van der Waals surface area (Å²) in [6.07, 6.45) is 4.84. The minimum absolute atomic E-state index is 0.00553. The maximum Gasteiger partial charge on any atom is 0.253 e. The molecular formula is C15H25N3O. The second kappa shape index (κ2) is 7.67. The van der Waals surface area contributed by atoms with Crippen molar-refractivity contribution in [2.45, 2.75) is 32.6 Å². The Hall–Kier alpha value is -1.71. The van der Waals surface area contributed by atoms with Gasteiger partial charge in [0.15, 0.2) is 0 Å². The Labute approximate surface area is 116 Å². The topological polar surface area (TPSA) is 58.4 Å². The molecule has 0 radical (unpaired) electrons. The first-order valence-electron chi connectivity index (χ1n) is 6.91. The van der Waals surface area contributed by atoms with Crippen molar-refractivity contribution in [3.05, 3.63) is 23.8 Å². The van der Waals surface area contributed by atoms with E-state index in [0.29, 0.717) is 11.3 Å². The molecule has 0 aliphatic carbocycles. The third kappa shape index (κ3) is 4.81.